The van der Waals surface area contributed by atoms with Gasteiger partial charge in [-0.1, -0.05) is 12.1 Å². The molecular formula is C18H29IN4O4S. The molecule has 8 nitrogen and oxygen atoms in total. The Morgan fingerprint density at radius 1 is 1.32 bits per heavy atom. The summed E-state index contributed by atoms with van der Waals surface area (Å²) >= 11 is 0. The molecule has 2 aliphatic heterocycles. The Kier molecular flexibility index (Phi) is 8.93. The summed E-state index contributed by atoms with van der Waals surface area (Å²) in [5.74, 6) is 0.796. The van der Waals surface area contributed by atoms with Crippen molar-refractivity contribution in [3.63, 3.8) is 0 Å². The van der Waals surface area contributed by atoms with Crippen LogP contribution in [0.15, 0.2) is 34.2 Å². The van der Waals surface area contributed by atoms with Gasteiger partial charge in [0.1, 0.15) is 6.10 Å². The van der Waals surface area contributed by atoms with E-state index in [9.17, 15) is 8.42 Å². The number of morpholine rings is 1. The second kappa shape index (κ2) is 10.7. The summed E-state index contributed by atoms with van der Waals surface area (Å²) < 4.78 is 34.7. The van der Waals surface area contributed by atoms with E-state index in [1.165, 1.54) is 6.07 Å². The molecule has 0 radical (unpaired) electrons. The van der Waals surface area contributed by atoms with Crippen molar-refractivity contribution in [1.82, 2.24) is 10.2 Å². The highest BCUT2D eigenvalue weighted by molar-refractivity contribution is 14.0. The molecule has 10 heteroatoms. The van der Waals surface area contributed by atoms with Crippen LogP contribution in [-0.2, 0) is 26.0 Å². The van der Waals surface area contributed by atoms with E-state index < -0.39 is 10.0 Å². The molecule has 158 valence electrons. The Labute approximate surface area is 183 Å². The van der Waals surface area contributed by atoms with E-state index in [1.807, 2.05) is 13.0 Å². The smallest absolute Gasteiger partial charge is 0.238 e. The summed E-state index contributed by atoms with van der Waals surface area (Å²) in [6, 6.07) is 6.58. The highest BCUT2D eigenvalue weighted by Gasteiger charge is 2.32. The second-order valence-electron chi connectivity index (χ2n) is 6.77. The quantitative estimate of drug-likeness (QED) is 0.342. The Hall–Kier alpha value is -0.950. The first kappa shape index (κ1) is 23.3. The topological polar surface area (TPSA) is 106 Å². The molecule has 0 saturated carbocycles. The van der Waals surface area contributed by atoms with Gasteiger partial charge in [0.15, 0.2) is 5.96 Å². The van der Waals surface area contributed by atoms with Crippen molar-refractivity contribution in [3.8, 4) is 0 Å². The van der Waals surface area contributed by atoms with Crippen LogP contribution < -0.4 is 10.5 Å². The number of sulfonamides is 1. The predicted octanol–water partition coefficient (Wildman–Crippen LogP) is 1.30. The van der Waals surface area contributed by atoms with E-state index in [0.29, 0.717) is 13.2 Å². The third kappa shape index (κ3) is 6.28. The molecule has 2 aliphatic rings. The van der Waals surface area contributed by atoms with Crippen molar-refractivity contribution in [1.29, 1.82) is 0 Å². The van der Waals surface area contributed by atoms with Gasteiger partial charge in [0.2, 0.25) is 10.0 Å². The van der Waals surface area contributed by atoms with Crippen LogP contribution in [0.3, 0.4) is 0 Å². The fraction of sp³-hybridized carbons (Fsp3) is 0.611. The number of nitrogens with two attached hydrogens (primary N) is 1. The third-order valence-electron chi connectivity index (χ3n) is 4.75. The van der Waals surface area contributed by atoms with Gasteiger partial charge in [-0.25, -0.2) is 18.5 Å². The van der Waals surface area contributed by atoms with E-state index in [2.05, 4.69) is 10.2 Å². The molecule has 2 atom stereocenters. The van der Waals surface area contributed by atoms with Gasteiger partial charge in [-0.3, -0.25) is 0 Å². The van der Waals surface area contributed by atoms with Gasteiger partial charge >= 0.3 is 0 Å². The first-order valence-electron chi connectivity index (χ1n) is 9.35. The Morgan fingerprint density at radius 3 is 2.79 bits per heavy atom. The number of hydrogen-bond donors (Lipinski definition) is 2. The minimum atomic E-state index is -3.72. The monoisotopic (exact) mass is 524 g/mol. The second-order valence-corrected chi connectivity index (χ2v) is 8.33. The number of nitrogens with zero attached hydrogens (tertiary/aromatic N) is 2. The maximum absolute atomic E-state index is 11.5. The first-order chi connectivity index (χ1) is 13.0. The molecule has 0 aromatic heterocycles. The van der Waals surface area contributed by atoms with Crippen LogP contribution in [-0.4, -0.2) is 64.3 Å². The number of aliphatic imine (C=N–C) groups is 1. The first-order valence-corrected chi connectivity index (χ1v) is 10.9. The molecule has 2 fully saturated rings. The Morgan fingerprint density at radius 2 is 2.11 bits per heavy atom. The Balaban J connectivity index is 0.00000280. The van der Waals surface area contributed by atoms with Gasteiger partial charge in [0.05, 0.1) is 24.2 Å². The van der Waals surface area contributed by atoms with E-state index in [-0.39, 0.29) is 41.1 Å². The SMILES string of the molecule is CCNC(=NCc1cccc(S(N)(=O)=O)c1)N1CCOC(C2CCCO2)C1.I. The fourth-order valence-electron chi connectivity index (χ4n) is 3.40. The number of rotatable bonds is 5. The number of nitrogens with one attached hydrogen (secondary N) is 1. The van der Waals surface area contributed by atoms with E-state index >= 15 is 0 Å². The van der Waals surface area contributed by atoms with E-state index in [4.69, 9.17) is 19.6 Å². The van der Waals surface area contributed by atoms with Crippen LogP contribution in [0, 0.1) is 0 Å². The molecule has 3 N–H and O–H groups in total. The number of benzene rings is 1. The molecule has 0 aliphatic carbocycles. The highest BCUT2D eigenvalue weighted by Crippen LogP contribution is 2.21. The molecule has 0 spiro atoms. The average molecular weight is 524 g/mol. The van der Waals surface area contributed by atoms with Crippen LogP contribution in [0.5, 0.6) is 0 Å². The number of primary sulfonamides is 1. The van der Waals surface area contributed by atoms with Gasteiger partial charge < -0.3 is 19.7 Å². The lowest BCUT2D eigenvalue weighted by Crippen LogP contribution is -2.53. The van der Waals surface area contributed by atoms with Crippen LogP contribution >= 0.6 is 24.0 Å². The van der Waals surface area contributed by atoms with Crippen molar-refractivity contribution in [2.45, 2.75) is 43.4 Å². The summed E-state index contributed by atoms with van der Waals surface area (Å²) in [6.45, 7) is 6.07. The summed E-state index contributed by atoms with van der Waals surface area (Å²) in [4.78, 5) is 6.98. The van der Waals surface area contributed by atoms with Crippen molar-refractivity contribution in [2.75, 3.05) is 32.8 Å². The molecule has 3 rings (SSSR count). The molecule has 0 amide bonds. The predicted molar refractivity (Wildman–Crippen MR) is 118 cm³/mol. The fourth-order valence-corrected chi connectivity index (χ4v) is 3.99. The van der Waals surface area contributed by atoms with Crippen LogP contribution in [0.1, 0.15) is 25.3 Å². The molecule has 2 heterocycles. The third-order valence-corrected chi connectivity index (χ3v) is 5.66. The van der Waals surface area contributed by atoms with E-state index in [0.717, 1.165) is 50.6 Å². The zero-order chi connectivity index (χ0) is 19.3. The molecule has 2 saturated heterocycles. The zero-order valence-electron chi connectivity index (χ0n) is 16.0. The highest BCUT2D eigenvalue weighted by atomic mass is 127. The zero-order valence-corrected chi connectivity index (χ0v) is 19.2. The molecular weight excluding hydrogens is 495 g/mol. The van der Waals surface area contributed by atoms with Crippen LogP contribution in [0.25, 0.3) is 0 Å². The number of halogens is 1. The van der Waals surface area contributed by atoms with Crippen molar-refractivity contribution in [2.24, 2.45) is 10.1 Å². The molecule has 28 heavy (non-hydrogen) atoms. The summed E-state index contributed by atoms with van der Waals surface area (Å²) in [5.41, 5.74) is 0.792. The maximum atomic E-state index is 11.5. The normalized spacial score (nSPS) is 23.4. The lowest BCUT2D eigenvalue weighted by atomic mass is 10.1. The van der Waals surface area contributed by atoms with Crippen LogP contribution in [0.2, 0.25) is 0 Å². The van der Waals surface area contributed by atoms with Crippen molar-refractivity contribution in [3.05, 3.63) is 29.8 Å². The summed E-state index contributed by atoms with van der Waals surface area (Å²) in [6.07, 6.45) is 2.32. The molecule has 0 bridgehead atoms. The van der Waals surface area contributed by atoms with Gasteiger partial charge in [-0.15, -0.1) is 24.0 Å². The summed E-state index contributed by atoms with van der Waals surface area (Å²) in [7, 11) is -3.72. The lowest BCUT2D eigenvalue weighted by molar-refractivity contribution is -0.0817. The molecule has 1 aromatic rings. The molecule has 1 aromatic carbocycles. The Bertz CT molecular complexity index is 769. The number of hydrogen-bond acceptors (Lipinski definition) is 5. The van der Waals surface area contributed by atoms with Crippen molar-refractivity contribution < 1.29 is 17.9 Å². The van der Waals surface area contributed by atoms with E-state index in [1.54, 1.807) is 12.1 Å². The van der Waals surface area contributed by atoms with Gasteiger partial charge in [-0.2, -0.15) is 0 Å². The van der Waals surface area contributed by atoms with Crippen molar-refractivity contribution >= 4 is 40.0 Å². The molecule has 2 unspecified atom stereocenters. The minimum absolute atomic E-state index is 0. The van der Waals surface area contributed by atoms with Gasteiger partial charge in [0, 0.05) is 26.2 Å². The number of ether oxygens (including phenoxy) is 2. The number of guanidine groups is 1. The lowest BCUT2D eigenvalue weighted by Gasteiger charge is -2.37. The standard InChI is InChI=1S/C18H28N4O4S.HI/c1-2-20-18(21-12-14-5-3-6-15(11-14)27(19,23)24)22-8-10-26-17(13-22)16-7-4-9-25-16;/h3,5-6,11,16-17H,2,4,7-10,12-13H2,1H3,(H,20,21)(H2,19,23,24);1H. The largest absolute Gasteiger partial charge is 0.375 e. The maximum Gasteiger partial charge on any atom is 0.238 e. The minimum Gasteiger partial charge on any atom is -0.375 e. The summed E-state index contributed by atoms with van der Waals surface area (Å²) in [5, 5.41) is 8.53. The average Bonchev–Trinajstić information content (AvgIpc) is 3.20. The van der Waals surface area contributed by atoms with Crippen LogP contribution in [0.4, 0.5) is 0 Å². The van der Waals surface area contributed by atoms with Gasteiger partial charge in [0.25, 0.3) is 0 Å². The van der Waals surface area contributed by atoms with Gasteiger partial charge in [-0.05, 0) is 37.5 Å².